The lowest BCUT2D eigenvalue weighted by atomic mass is 9.87. The molecule has 21 heavy (non-hydrogen) atoms. The lowest BCUT2D eigenvalue weighted by Crippen LogP contribution is -2.31. The molecule has 1 unspecified atom stereocenters. The van der Waals surface area contributed by atoms with Crippen molar-refractivity contribution >= 4 is 5.91 Å². The summed E-state index contributed by atoms with van der Waals surface area (Å²) >= 11 is 0. The van der Waals surface area contributed by atoms with Crippen molar-refractivity contribution in [3.05, 3.63) is 54.0 Å². The quantitative estimate of drug-likeness (QED) is 0.886. The van der Waals surface area contributed by atoms with Gasteiger partial charge in [0.2, 0.25) is 5.91 Å². The van der Waals surface area contributed by atoms with Crippen LogP contribution in [0.1, 0.15) is 31.1 Å². The molecule has 2 rings (SSSR count). The van der Waals surface area contributed by atoms with Crippen molar-refractivity contribution in [2.75, 3.05) is 7.11 Å². The fraction of sp³-hybridized carbons (Fsp3) is 0.353. The molecule has 0 fully saturated rings. The predicted molar refractivity (Wildman–Crippen MR) is 81.1 cm³/mol. The summed E-state index contributed by atoms with van der Waals surface area (Å²) in [6, 6.07) is 11.3. The third kappa shape index (κ3) is 3.88. The maximum atomic E-state index is 12.5. The summed E-state index contributed by atoms with van der Waals surface area (Å²) < 4.78 is 10.4. The summed E-state index contributed by atoms with van der Waals surface area (Å²) in [6.45, 7) is 4.49. The van der Waals surface area contributed by atoms with Gasteiger partial charge in [-0.2, -0.15) is 0 Å². The molecular weight excluding hydrogens is 266 g/mol. The number of hydrogen-bond acceptors (Lipinski definition) is 3. The van der Waals surface area contributed by atoms with Crippen molar-refractivity contribution in [1.29, 1.82) is 0 Å². The fourth-order valence-corrected chi connectivity index (χ4v) is 2.35. The number of nitrogens with one attached hydrogen (secondary N) is 1. The second kappa shape index (κ2) is 6.97. The minimum atomic E-state index is -0.189. The van der Waals surface area contributed by atoms with Gasteiger partial charge in [0.05, 0.1) is 25.8 Å². The van der Waals surface area contributed by atoms with Crippen LogP contribution in [0.2, 0.25) is 0 Å². The van der Waals surface area contributed by atoms with Crippen LogP contribution in [0.15, 0.2) is 47.1 Å². The molecule has 1 heterocycles. The van der Waals surface area contributed by atoms with Crippen LogP contribution in [0.5, 0.6) is 5.75 Å². The van der Waals surface area contributed by atoms with Crippen molar-refractivity contribution in [2.24, 2.45) is 5.92 Å². The highest BCUT2D eigenvalue weighted by Crippen LogP contribution is 2.26. The van der Waals surface area contributed by atoms with Gasteiger partial charge in [0.1, 0.15) is 11.5 Å². The van der Waals surface area contributed by atoms with Crippen LogP contribution in [-0.4, -0.2) is 13.0 Å². The molecule has 4 nitrogen and oxygen atoms in total. The smallest absolute Gasteiger partial charge is 0.228 e. The summed E-state index contributed by atoms with van der Waals surface area (Å²) in [5, 5.41) is 2.93. The van der Waals surface area contributed by atoms with Crippen LogP contribution in [0.3, 0.4) is 0 Å². The number of ether oxygens (including phenoxy) is 1. The molecule has 0 aliphatic rings. The fourth-order valence-electron chi connectivity index (χ4n) is 2.35. The van der Waals surface area contributed by atoms with Crippen LogP contribution in [0.4, 0.5) is 0 Å². The molecule has 0 aliphatic heterocycles. The molecule has 0 saturated heterocycles. The summed E-state index contributed by atoms with van der Waals surface area (Å²) in [7, 11) is 1.63. The van der Waals surface area contributed by atoms with Gasteiger partial charge in [0, 0.05) is 0 Å². The Balaban J connectivity index is 2.08. The van der Waals surface area contributed by atoms with Crippen molar-refractivity contribution in [3.8, 4) is 5.75 Å². The Kier molecular flexibility index (Phi) is 5.04. The number of benzene rings is 1. The Labute approximate surface area is 125 Å². The highest BCUT2D eigenvalue weighted by Gasteiger charge is 2.24. The molecule has 1 amide bonds. The minimum Gasteiger partial charge on any atom is -0.497 e. The first kappa shape index (κ1) is 15.2. The van der Waals surface area contributed by atoms with Crippen LogP contribution < -0.4 is 10.1 Å². The normalized spacial score (nSPS) is 12.2. The Morgan fingerprint density at radius 1 is 1.24 bits per heavy atom. The molecule has 0 spiro atoms. The van der Waals surface area contributed by atoms with E-state index in [1.165, 1.54) is 0 Å². The molecule has 1 aromatic carbocycles. The van der Waals surface area contributed by atoms with Gasteiger partial charge in [-0.25, -0.2) is 0 Å². The Hall–Kier alpha value is -2.23. The van der Waals surface area contributed by atoms with E-state index in [0.717, 1.165) is 17.1 Å². The summed E-state index contributed by atoms with van der Waals surface area (Å²) in [6.07, 6.45) is 1.60. The van der Waals surface area contributed by atoms with Crippen LogP contribution in [0, 0.1) is 5.92 Å². The van der Waals surface area contributed by atoms with Gasteiger partial charge in [-0.3, -0.25) is 4.79 Å². The lowest BCUT2D eigenvalue weighted by Gasteiger charge is -2.20. The van der Waals surface area contributed by atoms with E-state index in [1.807, 2.05) is 50.2 Å². The second-order valence-electron chi connectivity index (χ2n) is 5.29. The van der Waals surface area contributed by atoms with E-state index in [4.69, 9.17) is 9.15 Å². The maximum absolute atomic E-state index is 12.5. The van der Waals surface area contributed by atoms with Crippen molar-refractivity contribution in [3.63, 3.8) is 0 Å². The second-order valence-corrected chi connectivity index (χ2v) is 5.29. The summed E-state index contributed by atoms with van der Waals surface area (Å²) in [4.78, 5) is 12.5. The first-order valence-corrected chi connectivity index (χ1v) is 7.06. The van der Waals surface area contributed by atoms with Gasteiger partial charge >= 0.3 is 0 Å². The van der Waals surface area contributed by atoms with Gasteiger partial charge in [-0.05, 0) is 35.7 Å². The topological polar surface area (TPSA) is 51.5 Å². The first-order chi connectivity index (χ1) is 10.1. The maximum Gasteiger partial charge on any atom is 0.228 e. The lowest BCUT2D eigenvalue weighted by molar-refractivity contribution is -0.123. The molecule has 1 aromatic heterocycles. The number of amides is 1. The van der Waals surface area contributed by atoms with Gasteiger partial charge < -0.3 is 14.5 Å². The molecule has 0 bridgehead atoms. The van der Waals surface area contributed by atoms with Crippen LogP contribution in [0.25, 0.3) is 0 Å². The van der Waals surface area contributed by atoms with Gasteiger partial charge in [0.15, 0.2) is 0 Å². The third-order valence-corrected chi connectivity index (χ3v) is 3.44. The largest absolute Gasteiger partial charge is 0.497 e. The SMILES string of the molecule is COc1ccc(C(C(=O)NCc2ccco2)C(C)C)cc1. The Morgan fingerprint density at radius 3 is 2.48 bits per heavy atom. The molecule has 2 aromatic rings. The number of hydrogen-bond donors (Lipinski definition) is 1. The average molecular weight is 287 g/mol. The molecule has 0 aliphatic carbocycles. The zero-order valence-corrected chi connectivity index (χ0v) is 12.6. The molecule has 0 radical (unpaired) electrons. The predicted octanol–water partition coefficient (Wildman–Crippen LogP) is 3.34. The molecule has 4 heteroatoms. The van der Waals surface area contributed by atoms with E-state index in [-0.39, 0.29) is 17.7 Å². The van der Waals surface area contributed by atoms with E-state index < -0.39 is 0 Å². The van der Waals surface area contributed by atoms with E-state index in [2.05, 4.69) is 5.32 Å². The first-order valence-electron chi connectivity index (χ1n) is 7.06. The molecular formula is C17H21NO3. The summed E-state index contributed by atoms with van der Waals surface area (Å²) in [5.41, 5.74) is 0.989. The monoisotopic (exact) mass is 287 g/mol. The van der Waals surface area contributed by atoms with Crippen LogP contribution >= 0.6 is 0 Å². The van der Waals surface area contributed by atoms with Gasteiger partial charge in [-0.1, -0.05) is 26.0 Å². The van der Waals surface area contributed by atoms with Crippen molar-refractivity contribution in [2.45, 2.75) is 26.3 Å². The zero-order valence-electron chi connectivity index (χ0n) is 12.6. The number of rotatable bonds is 6. The van der Waals surface area contributed by atoms with E-state index in [1.54, 1.807) is 13.4 Å². The molecule has 0 saturated carbocycles. The highest BCUT2D eigenvalue weighted by atomic mass is 16.5. The summed E-state index contributed by atoms with van der Waals surface area (Å²) in [5.74, 6) is 1.56. The zero-order chi connectivity index (χ0) is 15.2. The number of carbonyl (C=O) groups excluding carboxylic acids is 1. The van der Waals surface area contributed by atoms with E-state index in [9.17, 15) is 4.79 Å². The van der Waals surface area contributed by atoms with Crippen molar-refractivity contribution < 1.29 is 13.9 Å². The number of furan rings is 1. The minimum absolute atomic E-state index is 0.00608. The Bertz CT molecular complexity index is 558. The average Bonchev–Trinajstić information content (AvgIpc) is 2.99. The molecule has 112 valence electrons. The molecule has 1 N–H and O–H groups in total. The van der Waals surface area contributed by atoms with Gasteiger partial charge in [0.25, 0.3) is 0 Å². The van der Waals surface area contributed by atoms with Crippen molar-refractivity contribution in [1.82, 2.24) is 5.32 Å². The number of carbonyl (C=O) groups is 1. The van der Waals surface area contributed by atoms with Crippen LogP contribution in [-0.2, 0) is 11.3 Å². The van der Waals surface area contributed by atoms with Gasteiger partial charge in [-0.15, -0.1) is 0 Å². The Morgan fingerprint density at radius 2 is 1.95 bits per heavy atom. The van der Waals surface area contributed by atoms with E-state index in [0.29, 0.717) is 6.54 Å². The highest BCUT2D eigenvalue weighted by molar-refractivity contribution is 5.83. The number of methoxy groups -OCH3 is 1. The third-order valence-electron chi connectivity index (χ3n) is 3.44. The molecule has 1 atom stereocenters. The standard InChI is InChI=1S/C17H21NO3/c1-12(2)16(13-6-8-14(20-3)9-7-13)17(19)18-11-15-5-4-10-21-15/h4-10,12,16H,11H2,1-3H3,(H,18,19). The van der Waals surface area contributed by atoms with E-state index >= 15 is 0 Å².